The molecule has 1 aromatic carbocycles. The largest absolute Gasteiger partial charge is 0.370 e. The molecule has 0 aromatic heterocycles. The van der Waals surface area contributed by atoms with Gasteiger partial charge in [0.05, 0.1) is 0 Å². The van der Waals surface area contributed by atoms with Crippen LogP contribution in [0.1, 0.15) is 30.4 Å². The SMILES string of the molecule is Cc1cc(F)ccc1CCN=C(N)N1CCCCC1. The minimum Gasteiger partial charge on any atom is -0.370 e. The van der Waals surface area contributed by atoms with Gasteiger partial charge < -0.3 is 10.6 Å². The van der Waals surface area contributed by atoms with Crippen LogP contribution in [0, 0.1) is 12.7 Å². The highest BCUT2D eigenvalue weighted by atomic mass is 19.1. The topological polar surface area (TPSA) is 41.6 Å². The highest BCUT2D eigenvalue weighted by Crippen LogP contribution is 2.11. The molecule has 3 nitrogen and oxygen atoms in total. The first-order valence-corrected chi connectivity index (χ1v) is 6.97. The lowest BCUT2D eigenvalue weighted by Gasteiger charge is -2.27. The van der Waals surface area contributed by atoms with Crippen LogP contribution < -0.4 is 5.73 Å². The summed E-state index contributed by atoms with van der Waals surface area (Å²) in [5.41, 5.74) is 8.10. The van der Waals surface area contributed by atoms with Crippen LogP contribution in [-0.2, 0) is 6.42 Å². The second-order valence-electron chi connectivity index (χ2n) is 5.11. The van der Waals surface area contributed by atoms with Crippen LogP contribution in [0.25, 0.3) is 0 Å². The molecule has 2 rings (SSSR count). The fourth-order valence-corrected chi connectivity index (χ4v) is 2.45. The standard InChI is InChI=1S/C15H22FN3/c1-12-11-14(16)6-5-13(12)7-8-18-15(17)19-9-3-2-4-10-19/h5-6,11H,2-4,7-10H2,1H3,(H2,17,18). The van der Waals surface area contributed by atoms with Crippen molar-refractivity contribution in [1.82, 2.24) is 4.90 Å². The molecule has 1 fully saturated rings. The van der Waals surface area contributed by atoms with Gasteiger partial charge in [-0.05, 0) is 55.9 Å². The highest BCUT2D eigenvalue weighted by Gasteiger charge is 2.11. The molecule has 1 aliphatic rings. The third-order valence-corrected chi connectivity index (χ3v) is 3.64. The number of benzene rings is 1. The van der Waals surface area contributed by atoms with Crippen molar-refractivity contribution in [2.24, 2.45) is 10.7 Å². The molecular weight excluding hydrogens is 241 g/mol. The Hall–Kier alpha value is -1.58. The van der Waals surface area contributed by atoms with Gasteiger partial charge in [-0.3, -0.25) is 4.99 Å². The first kappa shape index (κ1) is 13.8. The van der Waals surface area contributed by atoms with Crippen molar-refractivity contribution < 1.29 is 4.39 Å². The molecule has 104 valence electrons. The zero-order valence-corrected chi connectivity index (χ0v) is 11.5. The molecule has 1 aliphatic heterocycles. The van der Waals surface area contributed by atoms with E-state index >= 15 is 0 Å². The Bertz CT molecular complexity index is 451. The van der Waals surface area contributed by atoms with Gasteiger partial charge >= 0.3 is 0 Å². The zero-order chi connectivity index (χ0) is 13.7. The zero-order valence-electron chi connectivity index (χ0n) is 11.5. The van der Waals surface area contributed by atoms with Crippen molar-refractivity contribution in [2.75, 3.05) is 19.6 Å². The van der Waals surface area contributed by atoms with E-state index in [0.29, 0.717) is 12.5 Å². The molecule has 0 spiro atoms. The molecule has 0 amide bonds. The van der Waals surface area contributed by atoms with Crippen molar-refractivity contribution in [1.29, 1.82) is 0 Å². The lowest BCUT2D eigenvalue weighted by molar-refractivity contribution is 0.338. The third-order valence-electron chi connectivity index (χ3n) is 3.64. The number of nitrogens with two attached hydrogens (primary N) is 1. The van der Waals surface area contributed by atoms with E-state index in [0.717, 1.165) is 30.6 Å². The van der Waals surface area contributed by atoms with Crippen LogP contribution in [0.3, 0.4) is 0 Å². The molecule has 0 bridgehead atoms. The number of halogens is 1. The van der Waals surface area contributed by atoms with E-state index in [1.54, 1.807) is 6.07 Å². The summed E-state index contributed by atoms with van der Waals surface area (Å²) in [6.45, 7) is 4.63. The summed E-state index contributed by atoms with van der Waals surface area (Å²) in [5, 5.41) is 0. The average molecular weight is 263 g/mol. The van der Waals surface area contributed by atoms with E-state index in [-0.39, 0.29) is 5.82 Å². The van der Waals surface area contributed by atoms with Gasteiger partial charge in [0, 0.05) is 19.6 Å². The Morgan fingerprint density at radius 3 is 2.74 bits per heavy atom. The Balaban J connectivity index is 1.87. The average Bonchev–Trinajstić information content (AvgIpc) is 2.42. The molecule has 0 radical (unpaired) electrons. The monoisotopic (exact) mass is 263 g/mol. The summed E-state index contributed by atoms with van der Waals surface area (Å²) in [6.07, 6.45) is 4.50. The highest BCUT2D eigenvalue weighted by molar-refractivity contribution is 5.78. The number of hydrogen-bond donors (Lipinski definition) is 1. The van der Waals surface area contributed by atoms with Gasteiger partial charge in [-0.1, -0.05) is 6.07 Å². The van der Waals surface area contributed by atoms with Crippen molar-refractivity contribution in [3.05, 3.63) is 35.1 Å². The Morgan fingerprint density at radius 1 is 1.32 bits per heavy atom. The van der Waals surface area contributed by atoms with E-state index < -0.39 is 0 Å². The first-order chi connectivity index (χ1) is 9.16. The minimum atomic E-state index is -0.183. The second kappa shape index (κ2) is 6.55. The van der Waals surface area contributed by atoms with Gasteiger partial charge in [-0.15, -0.1) is 0 Å². The molecule has 2 N–H and O–H groups in total. The Morgan fingerprint density at radius 2 is 2.05 bits per heavy atom. The number of nitrogens with zero attached hydrogens (tertiary/aromatic N) is 2. The lowest BCUT2D eigenvalue weighted by atomic mass is 10.1. The van der Waals surface area contributed by atoms with Gasteiger partial charge in [0.2, 0.25) is 0 Å². The molecular formula is C15H22FN3. The summed E-state index contributed by atoms with van der Waals surface area (Å²) in [7, 11) is 0. The molecule has 1 heterocycles. The molecule has 19 heavy (non-hydrogen) atoms. The number of aliphatic imine (C=N–C) groups is 1. The fraction of sp³-hybridized carbons (Fsp3) is 0.533. The smallest absolute Gasteiger partial charge is 0.191 e. The van der Waals surface area contributed by atoms with Crippen LogP contribution in [-0.4, -0.2) is 30.5 Å². The van der Waals surface area contributed by atoms with E-state index in [1.165, 1.54) is 25.3 Å². The lowest BCUT2D eigenvalue weighted by Crippen LogP contribution is -2.41. The van der Waals surface area contributed by atoms with Gasteiger partial charge in [0.1, 0.15) is 5.82 Å². The van der Waals surface area contributed by atoms with Crippen molar-refractivity contribution in [2.45, 2.75) is 32.6 Å². The predicted octanol–water partition coefficient (Wildman–Crippen LogP) is 2.48. The summed E-state index contributed by atoms with van der Waals surface area (Å²) >= 11 is 0. The van der Waals surface area contributed by atoms with Gasteiger partial charge in [0.15, 0.2) is 5.96 Å². The maximum atomic E-state index is 13.0. The second-order valence-corrected chi connectivity index (χ2v) is 5.11. The first-order valence-electron chi connectivity index (χ1n) is 6.97. The van der Waals surface area contributed by atoms with Crippen LogP contribution >= 0.6 is 0 Å². The number of piperidine rings is 1. The van der Waals surface area contributed by atoms with Crippen LogP contribution in [0.15, 0.2) is 23.2 Å². The molecule has 1 aromatic rings. The Kier molecular flexibility index (Phi) is 4.77. The molecule has 0 saturated carbocycles. The predicted molar refractivity (Wildman–Crippen MR) is 76.8 cm³/mol. The normalized spacial score (nSPS) is 16.7. The van der Waals surface area contributed by atoms with Crippen molar-refractivity contribution in [3.8, 4) is 0 Å². The molecule has 1 saturated heterocycles. The van der Waals surface area contributed by atoms with E-state index in [1.807, 2.05) is 13.0 Å². The summed E-state index contributed by atoms with van der Waals surface area (Å²) < 4.78 is 13.0. The van der Waals surface area contributed by atoms with Crippen LogP contribution in [0.5, 0.6) is 0 Å². The van der Waals surface area contributed by atoms with Crippen LogP contribution in [0.4, 0.5) is 4.39 Å². The number of rotatable bonds is 3. The van der Waals surface area contributed by atoms with E-state index in [9.17, 15) is 4.39 Å². The van der Waals surface area contributed by atoms with Crippen molar-refractivity contribution in [3.63, 3.8) is 0 Å². The third kappa shape index (κ3) is 3.94. The molecule has 0 atom stereocenters. The van der Waals surface area contributed by atoms with E-state index in [2.05, 4.69) is 9.89 Å². The number of guanidine groups is 1. The maximum Gasteiger partial charge on any atom is 0.191 e. The van der Waals surface area contributed by atoms with Gasteiger partial charge in [0.25, 0.3) is 0 Å². The van der Waals surface area contributed by atoms with E-state index in [4.69, 9.17) is 5.73 Å². The molecule has 0 aliphatic carbocycles. The summed E-state index contributed by atoms with van der Waals surface area (Å²) in [6, 6.07) is 4.89. The quantitative estimate of drug-likeness (QED) is 0.672. The molecule has 0 unspecified atom stereocenters. The Labute approximate surface area is 114 Å². The van der Waals surface area contributed by atoms with Gasteiger partial charge in [-0.2, -0.15) is 0 Å². The number of hydrogen-bond acceptors (Lipinski definition) is 1. The van der Waals surface area contributed by atoms with Gasteiger partial charge in [-0.25, -0.2) is 4.39 Å². The van der Waals surface area contributed by atoms with Crippen LogP contribution in [0.2, 0.25) is 0 Å². The summed E-state index contributed by atoms with van der Waals surface area (Å²) in [4.78, 5) is 6.59. The summed E-state index contributed by atoms with van der Waals surface area (Å²) in [5.74, 6) is 0.469. The number of likely N-dealkylation sites (tertiary alicyclic amines) is 1. The maximum absolute atomic E-state index is 13.0. The molecule has 4 heteroatoms. The number of aryl methyl sites for hydroxylation is 1. The van der Waals surface area contributed by atoms with Crippen molar-refractivity contribution >= 4 is 5.96 Å². The fourth-order valence-electron chi connectivity index (χ4n) is 2.45. The minimum absolute atomic E-state index is 0.183.